The Balaban J connectivity index is 1.65. The van der Waals surface area contributed by atoms with Gasteiger partial charge in [0.25, 0.3) is 0 Å². The lowest BCUT2D eigenvalue weighted by Gasteiger charge is -2.35. The average molecular weight is 474 g/mol. The molecule has 2 atom stereocenters. The van der Waals surface area contributed by atoms with Crippen LogP contribution < -0.4 is 14.8 Å². The Kier molecular flexibility index (Phi) is 8.80. The first-order valence-electron chi connectivity index (χ1n) is 12.4. The van der Waals surface area contributed by atoms with Gasteiger partial charge in [-0.25, -0.2) is 0 Å². The van der Waals surface area contributed by atoms with Crippen molar-refractivity contribution in [1.29, 1.82) is 0 Å². The molecule has 8 nitrogen and oxygen atoms in total. The fourth-order valence-electron chi connectivity index (χ4n) is 5.27. The monoisotopic (exact) mass is 473 g/mol. The molecule has 2 unspecified atom stereocenters. The van der Waals surface area contributed by atoms with Crippen LogP contribution in [-0.4, -0.2) is 73.5 Å². The number of benzene rings is 1. The van der Waals surface area contributed by atoms with Crippen LogP contribution in [0.15, 0.2) is 18.2 Å². The number of nitrogens with one attached hydrogen (secondary N) is 1. The van der Waals surface area contributed by atoms with Crippen LogP contribution in [0.3, 0.4) is 0 Å². The molecule has 34 heavy (non-hydrogen) atoms. The predicted molar refractivity (Wildman–Crippen MR) is 130 cm³/mol. The highest BCUT2D eigenvalue weighted by Gasteiger charge is 2.39. The number of ether oxygens (including phenoxy) is 2. The van der Waals surface area contributed by atoms with Crippen molar-refractivity contribution in [3.05, 3.63) is 23.8 Å². The van der Waals surface area contributed by atoms with Crippen LogP contribution in [0.4, 0.5) is 0 Å². The van der Waals surface area contributed by atoms with Gasteiger partial charge in [-0.05, 0) is 63.6 Å². The van der Waals surface area contributed by atoms with E-state index in [0.717, 1.165) is 18.4 Å². The number of piperidine rings is 1. The Morgan fingerprint density at radius 1 is 1.18 bits per heavy atom. The second kappa shape index (κ2) is 11.6. The van der Waals surface area contributed by atoms with Crippen molar-refractivity contribution in [2.75, 3.05) is 40.4 Å². The van der Waals surface area contributed by atoms with Gasteiger partial charge in [-0.1, -0.05) is 6.07 Å². The summed E-state index contributed by atoms with van der Waals surface area (Å²) < 4.78 is 10.8. The Hall–Kier alpha value is -2.77. The number of hydrogen-bond donors (Lipinski definition) is 1. The summed E-state index contributed by atoms with van der Waals surface area (Å²) >= 11 is 0. The van der Waals surface area contributed by atoms with Gasteiger partial charge >= 0.3 is 0 Å². The zero-order valence-electron chi connectivity index (χ0n) is 21.0. The minimum atomic E-state index is -0.460. The lowest BCUT2D eigenvalue weighted by atomic mass is 9.84. The molecular formula is C26H39N3O5. The first-order valence-corrected chi connectivity index (χ1v) is 12.4. The molecule has 1 aromatic carbocycles. The summed E-state index contributed by atoms with van der Waals surface area (Å²) in [5, 5.41) is 3.15. The third-order valence-corrected chi connectivity index (χ3v) is 7.24. The van der Waals surface area contributed by atoms with Crippen LogP contribution in [0.25, 0.3) is 0 Å². The summed E-state index contributed by atoms with van der Waals surface area (Å²) in [5.41, 5.74) is 0.564. The van der Waals surface area contributed by atoms with Crippen LogP contribution >= 0.6 is 0 Å². The van der Waals surface area contributed by atoms with E-state index >= 15 is 0 Å². The Morgan fingerprint density at radius 2 is 1.91 bits per heavy atom. The molecule has 2 aliphatic heterocycles. The summed E-state index contributed by atoms with van der Waals surface area (Å²) in [6, 6.07) is 5.77. The predicted octanol–water partition coefficient (Wildman–Crippen LogP) is 2.78. The SMILES string of the molecule is CCN(CC)C(=O)C1CCCN(C(=O)CCC2(Cc3ccc(OC)c(OC)c3)CCC(=O)N2)C1. The van der Waals surface area contributed by atoms with Crippen LogP contribution in [-0.2, 0) is 20.8 Å². The number of rotatable bonds is 10. The first-order chi connectivity index (χ1) is 16.3. The molecule has 2 heterocycles. The lowest BCUT2D eigenvalue weighted by molar-refractivity contribution is -0.141. The van der Waals surface area contributed by atoms with Gasteiger partial charge in [0, 0.05) is 44.6 Å². The maximum Gasteiger partial charge on any atom is 0.227 e. The molecule has 1 aromatic rings. The number of amides is 3. The Bertz CT molecular complexity index is 885. The van der Waals surface area contributed by atoms with E-state index in [9.17, 15) is 14.4 Å². The number of carbonyl (C=O) groups is 3. The Morgan fingerprint density at radius 3 is 2.53 bits per heavy atom. The minimum Gasteiger partial charge on any atom is -0.493 e. The number of methoxy groups -OCH3 is 2. The molecule has 0 saturated carbocycles. The van der Waals surface area contributed by atoms with Crippen molar-refractivity contribution >= 4 is 17.7 Å². The van der Waals surface area contributed by atoms with Crippen molar-refractivity contribution in [2.24, 2.45) is 5.92 Å². The van der Waals surface area contributed by atoms with Gasteiger partial charge in [-0.2, -0.15) is 0 Å². The van der Waals surface area contributed by atoms with Crippen LogP contribution in [0.2, 0.25) is 0 Å². The first kappa shape index (κ1) is 25.8. The van der Waals surface area contributed by atoms with Crippen molar-refractivity contribution in [3.8, 4) is 11.5 Å². The van der Waals surface area contributed by atoms with Crippen LogP contribution in [0.5, 0.6) is 11.5 Å². The zero-order valence-corrected chi connectivity index (χ0v) is 21.0. The molecule has 2 fully saturated rings. The van der Waals surface area contributed by atoms with E-state index in [4.69, 9.17) is 9.47 Å². The average Bonchev–Trinajstić information content (AvgIpc) is 3.23. The Labute approximate surface area is 202 Å². The van der Waals surface area contributed by atoms with Gasteiger partial charge in [0.2, 0.25) is 17.7 Å². The van der Waals surface area contributed by atoms with Crippen molar-refractivity contribution in [2.45, 2.75) is 64.3 Å². The topological polar surface area (TPSA) is 88.2 Å². The lowest BCUT2D eigenvalue weighted by Crippen LogP contribution is -2.48. The second-order valence-electron chi connectivity index (χ2n) is 9.38. The summed E-state index contributed by atoms with van der Waals surface area (Å²) in [7, 11) is 3.20. The third-order valence-electron chi connectivity index (χ3n) is 7.24. The smallest absolute Gasteiger partial charge is 0.227 e. The van der Waals surface area contributed by atoms with Crippen molar-refractivity contribution < 1.29 is 23.9 Å². The van der Waals surface area contributed by atoms with E-state index in [0.29, 0.717) is 69.8 Å². The number of likely N-dealkylation sites (tertiary alicyclic amines) is 1. The van der Waals surface area contributed by atoms with Gasteiger partial charge in [-0.3, -0.25) is 14.4 Å². The molecule has 0 radical (unpaired) electrons. The van der Waals surface area contributed by atoms with E-state index in [2.05, 4.69) is 5.32 Å². The highest BCUT2D eigenvalue weighted by atomic mass is 16.5. The van der Waals surface area contributed by atoms with Crippen molar-refractivity contribution in [3.63, 3.8) is 0 Å². The summed E-state index contributed by atoms with van der Waals surface area (Å²) in [5.74, 6) is 1.42. The highest BCUT2D eigenvalue weighted by molar-refractivity contribution is 5.82. The van der Waals surface area contributed by atoms with E-state index < -0.39 is 5.54 Å². The van der Waals surface area contributed by atoms with Gasteiger partial charge < -0.3 is 24.6 Å². The molecule has 3 amide bonds. The molecule has 188 valence electrons. The molecule has 0 aromatic heterocycles. The standard InChI is InChI=1S/C26H39N3O5/c1-5-28(6-2)25(32)20-8-7-15-29(18-20)24(31)12-14-26(13-11-23(30)27-26)17-19-9-10-21(33-3)22(16-19)34-4/h9-10,16,20H,5-8,11-15,17-18H2,1-4H3,(H,27,30). The maximum absolute atomic E-state index is 13.1. The molecule has 0 spiro atoms. The minimum absolute atomic E-state index is 0.0239. The molecule has 2 aliphatic rings. The molecule has 0 bridgehead atoms. The van der Waals surface area contributed by atoms with E-state index in [-0.39, 0.29) is 23.6 Å². The van der Waals surface area contributed by atoms with Crippen LogP contribution in [0, 0.1) is 5.92 Å². The zero-order chi connectivity index (χ0) is 24.7. The third kappa shape index (κ3) is 6.02. The summed E-state index contributed by atoms with van der Waals surface area (Å²) in [6.07, 6.45) is 4.36. The molecule has 0 aliphatic carbocycles. The summed E-state index contributed by atoms with van der Waals surface area (Å²) in [4.78, 5) is 41.8. The van der Waals surface area contributed by atoms with Gasteiger partial charge in [-0.15, -0.1) is 0 Å². The molecular weight excluding hydrogens is 434 g/mol. The maximum atomic E-state index is 13.1. The quantitative estimate of drug-likeness (QED) is 0.565. The normalized spacial score (nSPS) is 22.3. The molecule has 8 heteroatoms. The molecule has 3 rings (SSSR count). The highest BCUT2D eigenvalue weighted by Crippen LogP contribution is 2.34. The fourth-order valence-corrected chi connectivity index (χ4v) is 5.27. The number of nitrogens with zero attached hydrogens (tertiary/aromatic N) is 2. The van der Waals surface area contributed by atoms with Gasteiger partial charge in [0.1, 0.15) is 0 Å². The molecule has 1 N–H and O–H groups in total. The summed E-state index contributed by atoms with van der Waals surface area (Å²) in [6.45, 7) is 6.54. The van der Waals surface area contributed by atoms with E-state index in [1.807, 2.05) is 41.8 Å². The largest absolute Gasteiger partial charge is 0.493 e. The number of hydrogen-bond acceptors (Lipinski definition) is 5. The van der Waals surface area contributed by atoms with Crippen LogP contribution in [0.1, 0.15) is 57.9 Å². The van der Waals surface area contributed by atoms with E-state index in [1.54, 1.807) is 14.2 Å². The van der Waals surface area contributed by atoms with E-state index in [1.165, 1.54) is 0 Å². The van der Waals surface area contributed by atoms with Crippen molar-refractivity contribution in [1.82, 2.24) is 15.1 Å². The van der Waals surface area contributed by atoms with Gasteiger partial charge in [0.15, 0.2) is 11.5 Å². The fraction of sp³-hybridized carbons (Fsp3) is 0.654. The second-order valence-corrected chi connectivity index (χ2v) is 9.38. The van der Waals surface area contributed by atoms with Gasteiger partial charge in [0.05, 0.1) is 20.1 Å². The molecule has 2 saturated heterocycles. The number of carbonyl (C=O) groups excluding carboxylic acids is 3.